The van der Waals surface area contributed by atoms with Crippen LogP contribution in [0.2, 0.25) is 0 Å². The first kappa shape index (κ1) is 11.7. The minimum atomic E-state index is -0.323. The lowest BCUT2D eigenvalue weighted by Crippen LogP contribution is -2.28. The van der Waals surface area contributed by atoms with E-state index in [9.17, 15) is 4.79 Å². The minimum absolute atomic E-state index is 0.0813. The van der Waals surface area contributed by atoms with E-state index in [2.05, 4.69) is 5.32 Å². The van der Waals surface area contributed by atoms with Crippen LogP contribution in [0.15, 0.2) is 24.3 Å². The van der Waals surface area contributed by atoms with Crippen LogP contribution >= 0.6 is 0 Å². The summed E-state index contributed by atoms with van der Waals surface area (Å²) in [6.07, 6.45) is 0.500. The van der Waals surface area contributed by atoms with Crippen molar-refractivity contribution in [2.75, 3.05) is 13.7 Å². The molecule has 82 valence electrons. The van der Waals surface area contributed by atoms with E-state index in [4.69, 9.17) is 10.8 Å². The Labute approximate surface area is 89.1 Å². The molecule has 1 rings (SSSR count). The molecule has 0 radical (unpaired) electrons. The topological polar surface area (TPSA) is 75.4 Å². The Morgan fingerprint density at radius 3 is 2.80 bits per heavy atom. The summed E-state index contributed by atoms with van der Waals surface area (Å²) >= 11 is 0. The van der Waals surface area contributed by atoms with Gasteiger partial charge < -0.3 is 16.2 Å². The van der Waals surface area contributed by atoms with Crippen molar-refractivity contribution < 1.29 is 9.90 Å². The van der Waals surface area contributed by atoms with E-state index in [1.54, 1.807) is 19.2 Å². The maximum atomic E-state index is 11.5. The average Bonchev–Trinajstić information content (AvgIpc) is 2.28. The van der Waals surface area contributed by atoms with E-state index in [0.29, 0.717) is 12.0 Å². The van der Waals surface area contributed by atoms with Gasteiger partial charge in [-0.25, -0.2) is 0 Å². The Hall–Kier alpha value is -1.39. The van der Waals surface area contributed by atoms with Crippen molar-refractivity contribution in [1.82, 2.24) is 5.32 Å². The van der Waals surface area contributed by atoms with Crippen LogP contribution in [0.1, 0.15) is 15.9 Å². The largest absolute Gasteiger partial charge is 0.395 e. The quantitative estimate of drug-likeness (QED) is 0.647. The summed E-state index contributed by atoms with van der Waals surface area (Å²) in [5.41, 5.74) is 7.11. The fourth-order valence-electron chi connectivity index (χ4n) is 1.40. The molecule has 1 aromatic rings. The number of carbonyl (C=O) groups is 1. The monoisotopic (exact) mass is 208 g/mol. The molecule has 1 aromatic carbocycles. The molecule has 0 aliphatic heterocycles. The maximum Gasteiger partial charge on any atom is 0.251 e. The first-order valence-corrected chi connectivity index (χ1v) is 4.85. The third-order valence-corrected chi connectivity index (χ3v) is 2.21. The molecule has 0 unspecified atom stereocenters. The van der Waals surface area contributed by atoms with E-state index < -0.39 is 0 Å². The summed E-state index contributed by atoms with van der Waals surface area (Å²) < 4.78 is 0. The third-order valence-electron chi connectivity index (χ3n) is 2.21. The smallest absolute Gasteiger partial charge is 0.251 e. The van der Waals surface area contributed by atoms with E-state index >= 15 is 0 Å². The van der Waals surface area contributed by atoms with Gasteiger partial charge in [0.1, 0.15) is 0 Å². The molecule has 15 heavy (non-hydrogen) atoms. The van der Waals surface area contributed by atoms with Crippen LogP contribution < -0.4 is 11.1 Å². The second-order valence-electron chi connectivity index (χ2n) is 3.38. The molecule has 0 bridgehead atoms. The Morgan fingerprint density at radius 1 is 1.53 bits per heavy atom. The second-order valence-corrected chi connectivity index (χ2v) is 3.38. The van der Waals surface area contributed by atoms with Gasteiger partial charge in [-0.2, -0.15) is 0 Å². The normalized spacial score (nSPS) is 12.2. The first-order valence-electron chi connectivity index (χ1n) is 4.85. The fourth-order valence-corrected chi connectivity index (χ4v) is 1.40. The molecule has 0 aromatic heterocycles. The molecule has 0 fully saturated rings. The number of carbonyl (C=O) groups excluding carboxylic acids is 1. The lowest BCUT2D eigenvalue weighted by molar-refractivity contribution is 0.0962. The van der Waals surface area contributed by atoms with E-state index in [1.807, 2.05) is 12.1 Å². The van der Waals surface area contributed by atoms with Crippen LogP contribution in [0.5, 0.6) is 0 Å². The SMILES string of the molecule is CNC(=O)c1ccccc1C[C@@H](N)CO. The highest BCUT2D eigenvalue weighted by Crippen LogP contribution is 2.10. The lowest BCUT2D eigenvalue weighted by atomic mass is 10.0. The number of benzene rings is 1. The maximum absolute atomic E-state index is 11.5. The average molecular weight is 208 g/mol. The van der Waals surface area contributed by atoms with Gasteiger partial charge in [-0.1, -0.05) is 18.2 Å². The summed E-state index contributed by atoms with van der Waals surface area (Å²) in [5, 5.41) is 11.4. The molecule has 0 aliphatic carbocycles. The van der Waals surface area contributed by atoms with E-state index in [-0.39, 0.29) is 18.6 Å². The molecule has 4 N–H and O–H groups in total. The molecule has 0 saturated heterocycles. The Morgan fingerprint density at radius 2 is 2.20 bits per heavy atom. The van der Waals surface area contributed by atoms with Gasteiger partial charge >= 0.3 is 0 Å². The van der Waals surface area contributed by atoms with Crippen LogP contribution in [0.4, 0.5) is 0 Å². The van der Waals surface area contributed by atoms with Crippen molar-refractivity contribution in [3.05, 3.63) is 35.4 Å². The zero-order valence-electron chi connectivity index (χ0n) is 8.73. The van der Waals surface area contributed by atoms with Crippen molar-refractivity contribution in [3.63, 3.8) is 0 Å². The van der Waals surface area contributed by atoms with Crippen molar-refractivity contribution in [1.29, 1.82) is 0 Å². The van der Waals surface area contributed by atoms with Gasteiger partial charge in [-0.15, -0.1) is 0 Å². The van der Waals surface area contributed by atoms with E-state index in [1.165, 1.54) is 0 Å². The molecule has 0 saturated carbocycles. The summed E-state index contributed by atoms with van der Waals surface area (Å²) in [6, 6.07) is 6.93. The zero-order chi connectivity index (χ0) is 11.3. The van der Waals surface area contributed by atoms with Crippen LogP contribution in [0.3, 0.4) is 0 Å². The number of rotatable bonds is 4. The van der Waals surface area contributed by atoms with Crippen LogP contribution in [0, 0.1) is 0 Å². The molecular formula is C11H16N2O2. The fraction of sp³-hybridized carbons (Fsp3) is 0.364. The lowest BCUT2D eigenvalue weighted by Gasteiger charge is -2.11. The number of nitrogens with two attached hydrogens (primary N) is 1. The van der Waals surface area contributed by atoms with Crippen LogP contribution in [0.25, 0.3) is 0 Å². The Bertz CT molecular complexity index is 339. The molecule has 4 heteroatoms. The Kier molecular flexibility index (Phi) is 4.27. The number of hydrogen-bond acceptors (Lipinski definition) is 3. The van der Waals surface area contributed by atoms with Crippen molar-refractivity contribution in [3.8, 4) is 0 Å². The predicted octanol–water partition coefficient (Wildman–Crippen LogP) is -0.0917. The van der Waals surface area contributed by atoms with Gasteiger partial charge in [-0.05, 0) is 18.1 Å². The van der Waals surface area contributed by atoms with Gasteiger partial charge in [0.2, 0.25) is 0 Å². The molecular weight excluding hydrogens is 192 g/mol. The molecule has 0 spiro atoms. The highest BCUT2D eigenvalue weighted by molar-refractivity contribution is 5.95. The molecule has 0 heterocycles. The van der Waals surface area contributed by atoms with Crippen molar-refractivity contribution in [2.45, 2.75) is 12.5 Å². The summed E-state index contributed by atoms with van der Waals surface area (Å²) in [4.78, 5) is 11.5. The van der Waals surface area contributed by atoms with Crippen LogP contribution in [-0.4, -0.2) is 30.7 Å². The van der Waals surface area contributed by atoms with Gasteiger partial charge in [0.15, 0.2) is 0 Å². The summed E-state index contributed by atoms with van der Waals surface area (Å²) in [5.74, 6) is -0.129. The Balaban J connectivity index is 2.91. The predicted molar refractivity (Wildman–Crippen MR) is 58.6 cm³/mol. The zero-order valence-corrected chi connectivity index (χ0v) is 8.73. The molecule has 0 aliphatic rings. The summed E-state index contributed by atoms with van der Waals surface area (Å²) in [6.45, 7) is -0.0813. The standard InChI is InChI=1S/C11H16N2O2/c1-13-11(15)10-5-3-2-4-8(10)6-9(12)7-14/h2-5,9,14H,6-7,12H2,1H3,(H,13,15)/t9-/m1/s1. The number of hydrogen-bond donors (Lipinski definition) is 3. The van der Waals surface area contributed by atoms with E-state index in [0.717, 1.165) is 5.56 Å². The minimum Gasteiger partial charge on any atom is -0.395 e. The number of aliphatic hydroxyl groups is 1. The molecule has 4 nitrogen and oxygen atoms in total. The van der Waals surface area contributed by atoms with Crippen molar-refractivity contribution in [2.24, 2.45) is 5.73 Å². The summed E-state index contributed by atoms with van der Waals surface area (Å²) in [7, 11) is 1.59. The number of aliphatic hydroxyl groups excluding tert-OH is 1. The molecule has 1 amide bonds. The third kappa shape index (κ3) is 3.04. The molecule has 1 atom stereocenters. The second kappa shape index (κ2) is 5.48. The van der Waals surface area contributed by atoms with Gasteiger partial charge in [0, 0.05) is 18.7 Å². The highest BCUT2D eigenvalue weighted by Gasteiger charge is 2.11. The van der Waals surface area contributed by atoms with Gasteiger partial charge in [0.25, 0.3) is 5.91 Å². The highest BCUT2D eigenvalue weighted by atomic mass is 16.3. The van der Waals surface area contributed by atoms with Gasteiger partial charge in [-0.3, -0.25) is 4.79 Å². The number of nitrogens with one attached hydrogen (secondary N) is 1. The number of amides is 1. The van der Waals surface area contributed by atoms with Gasteiger partial charge in [0.05, 0.1) is 6.61 Å². The van der Waals surface area contributed by atoms with Crippen LogP contribution in [-0.2, 0) is 6.42 Å². The first-order chi connectivity index (χ1) is 7.19. The van der Waals surface area contributed by atoms with Crippen molar-refractivity contribution >= 4 is 5.91 Å².